The molecule has 1 aliphatic rings. The molecule has 6 nitrogen and oxygen atoms in total. The van der Waals surface area contributed by atoms with Crippen LogP contribution in [0.2, 0.25) is 0 Å². The number of nitrogens with one attached hydrogen (secondary N) is 1. The first-order chi connectivity index (χ1) is 10.3. The molecule has 2 unspecified atom stereocenters. The number of amides is 1. The molecule has 0 saturated heterocycles. The zero-order valence-corrected chi connectivity index (χ0v) is 14.1. The highest BCUT2D eigenvalue weighted by molar-refractivity contribution is 7.89. The number of hydrogen-bond acceptors (Lipinski definition) is 4. The van der Waals surface area contributed by atoms with Gasteiger partial charge >= 0.3 is 0 Å². The molecule has 1 N–H and O–H groups in total. The van der Waals surface area contributed by atoms with E-state index >= 15 is 0 Å². The van der Waals surface area contributed by atoms with E-state index in [1.165, 1.54) is 20.1 Å². The molecule has 0 saturated carbocycles. The summed E-state index contributed by atoms with van der Waals surface area (Å²) < 4.78 is 32.3. The van der Waals surface area contributed by atoms with Gasteiger partial charge in [0.15, 0.2) is 0 Å². The number of carbonyl (C=O) groups excluding carboxylic acids is 1. The Kier molecular flexibility index (Phi) is 4.89. The van der Waals surface area contributed by atoms with E-state index in [4.69, 9.17) is 4.74 Å². The summed E-state index contributed by atoms with van der Waals surface area (Å²) in [5, 5.41) is 0. The monoisotopic (exact) mass is 326 g/mol. The van der Waals surface area contributed by atoms with Gasteiger partial charge < -0.3 is 9.64 Å². The molecule has 1 aliphatic heterocycles. The van der Waals surface area contributed by atoms with Crippen LogP contribution in [-0.4, -0.2) is 40.1 Å². The third kappa shape index (κ3) is 3.31. The lowest BCUT2D eigenvalue weighted by Gasteiger charge is -2.20. The Morgan fingerprint density at radius 2 is 2.18 bits per heavy atom. The van der Waals surface area contributed by atoms with Crippen molar-refractivity contribution in [3.05, 3.63) is 23.8 Å². The minimum absolute atomic E-state index is 0.0336. The van der Waals surface area contributed by atoms with Gasteiger partial charge in [-0.1, -0.05) is 0 Å². The molecule has 22 heavy (non-hydrogen) atoms. The zero-order valence-electron chi connectivity index (χ0n) is 13.3. The molecule has 1 amide bonds. The predicted molar refractivity (Wildman–Crippen MR) is 84.4 cm³/mol. The van der Waals surface area contributed by atoms with Crippen LogP contribution in [0.15, 0.2) is 23.1 Å². The second kappa shape index (κ2) is 6.36. The minimum Gasteiger partial charge on any atom is -0.383 e. The molecular weight excluding hydrogens is 304 g/mol. The second-order valence-electron chi connectivity index (χ2n) is 5.71. The van der Waals surface area contributed by atoms with Gasteiger partial charge in [-0.25, -0.2) is 13.1 Å². The number of rotatable bonds is 5. The van der Waals surface area contributed by atoms with Crippen molar-refractivity contribution in [1.82, 2.24) is 4.72 Å². The lowest BCUT2D eigenvalue weighted by molar-refractivity contribution is -0.116. The number of carbonyl (C=O) groups is 1. The van der Waals surface area contributed by atoms with E-state index < -0.39 is 10.0 Å². The molecule has 0 radical (unpaired) electrons. The van der Waals surface area contributed by atoms with Crippen molar-refractivity contribution in [2.75, 3.05) is 18.6 Å². The number of sulfonamides is 1. The number of methoxy groups -OCH3 is 1. The third-order valence-corrected chi connectivity index (χ3v) is 5.28. The lowest BCUT2D eigenvalue weighted by atomic mass is 10.1. The van der Waals surface area contributed by atoms with E-state index in [1.54, 1.807) is 24.0 Å². The summed E-state index contributed by atoms with van der Waals surface area (Å²) in [4.78, 5) is 13.6. The van der Waals surface area contributed by atoms with Crippen molar-refractivity contribution in [2.45, 2.75) is 44.2 Å². The summed E-state index contributed by atoms with van der Waals surface area (Å²) in [7, 11) is -2.07. The topological polar surface area (TPSA) is 75.7 Å². The van der Waals surface area contributed by atoms with Crippen LogP contribution in [0.25, 0.3) is 0 Å². The summed E-state index contributed by atoms with van der Waals surface area (Å²) in [5.41, 5.74) is 1.67. The van der Waals surface area contributed by atoms with Crippen molar-refractivity contribution in [1.29, 1.82) is 0 Å². The molecular formula is C15H22N2O4S. The first kappa shape index (κ1) is 16.9. The van der Waals surface area contributed by atoms with Crippen LogP contribution >= 0.6 is 0 Å². The number of benzene rings is 1. The van der Waals surface area contributed by atoms with Gasteiger partial charge in [-0.05, 0) is 44.0 Å². The third-order valence-electron chi connectivity index (χ3n) is 3.69. The van der Waals surface area contributed by atoms with E-state index in [2.05, 4.69) is 4.72 Å². The Bertz CT molecular complexity index is 672. The number of anilines is 1. The first-order valence-corrected chi connectivity index (χ1v) is 8.68. The van der Waals surface area contributed by atoms with Gasteiger partial charge in [-0.15, -0.1) is 0 Å². The summed E-state index contributed by atoms with van der Waals surface area (Å²) in [5.74, 6) is -0.0336. The maximum absolute atomic E-state index is 12.4. The maximum Gasteiger partial charge on any atom is 0.240 e. The highest BCUT2D eigenvalue weighted by Gasteiger charge is 2.30. The standard InChI is InChI=1S/C15H22N2O4S/c1-10(9-21-4)16-22(19,20)14-5-6-15-13(8-14)7-11(2)17(15)12(3)18/h5-6,8,10-11,16H,7,9H2,1-4H3. The molecule has 0 aromatic heterocycles. The fourth-order valence-electron chi connectivity index (χ4n) is 2.87. The van der Waals surface area contributed by atoms with Crippen molar-refractivity contribution >= 4 is 21.6 Å². The average molecular weight is 326 g/mol. The Balaban J connectivity index is 2.30. The highest BCUT2D eigenvalue weighted by atomic mass is 32.2. The Morgan fingerprint density at radius 1 is 1.50 bits per heavy atom. The quantitative estimate of drug-likeness (QED) is 0.885. The molecule has 122 valence electrons. The number of hydrogen-bond donors (Lipinski definition) is 1. The fraction of sp³-hybridized carbons (Fsp3) is 0.533. The Labute approximate surface area is 131 Å². The van der Waals surface area contributed by atoms with E-state index in [1.807, 2.05) is 6.92 Å². The van der Waals surface area contributed by atoms with Gasteiger partial charge in [0.2, 0.25) is 15.9 Å². The number of nitrogens with zero attached hydrogens (tertiary/aromatic N) is 1. The summed E-state index contributed by atoms with van der Waals surface area (Å²) in [6, 6.07) is 4.63. The second-order valence-corrected chi connectivity index (χ2v) is 7.42. The molecule has 0 aliphatic carbocycles. The molecule has 0 fully saturated rings. The molecule has 2 rings (SSSR count). The smallest absolute Gasteiger partial charge is 0.240 e. The van der Waals surface area contributed by atoms with Crippen LogP contribution in [0.3, 0.4) is 0 Å². The minimum atomic E-state index is -3.59. The van der Waals surface area contributed by atoms with Crippen molar-refractivity contribution in [3.8, 4) is 0 Å². The molecule has 0 spiro atoms. The van der Waals surface area contributed by atoms with Crippen LogP contribution in [0, 0.1) is 0 Å². The van der Waals surface area contributed by atoms with Crippen LogP contribution < -0.4 is 9.62 Å². The van der Waals surface area contributed by atoms with Crippen LogP contribution in [-0.2, 0) is 26.0 Å². The van der Waals surface area contributed by atoms with Crippen LogP contribution in [0.5, 0.6) is 0 Å². The van der Waals surface area contributed by atoms with Crippen molar-refractivity contribution in [2.24, 2.45) is 0 Å². The van der Waals surface area contributed by atoms with Gasteiger partial charge in [0.05, 0.1) is 11.5 Å². The zero-order chi connectivity index (χ0) is 16.5. The van der Waals surface area contributed by atoms with Crippen molar-refractivity contribution < 1.29 is 17.9 Å². The molecule has 1 heterocycles. The van der Waals surface area contributed by atoms with Gasteiger partial charge in [0.25, 0.3) is 0 Å². The fourth-order valence-corrected chi connectivity index (χ4v) is 4.15. The molecule has 0 bridgehead atoms. The van der Waals surface area contributed by atoms with Gasteiger partial charge in [-0.2, -0.15) is 0 Å². The van der Waals surface area contributed by atoms with Gasteiger partial charge in [0, 0.05) is 31.8 Å². The summed E-state index contributed by atoms with van der Waals surface area (Å²) in [6.45, 7) is 5.52. The summed E-state index contributed by atoms with van der Waals surface area (Å²) >= 11 is 0. The maximum atomic E-state index is 12.4. The SMILES string of the molecule is COCC(C)NS(=O)(=O)c1ccc2c(c1)CC(C)N2C(C)=O. The lowest BCUT2D eigenvalue weighted by Crippen LogP contribution is -2.35. The predicted octanol–water partition coefficient (Wildman–Crippen LogP) is 1.30. The molecule has 2 atom stereocenters. The largest absolute Gasteiger partial charge is 0.383 e. The van der Waals surface area contributed by atoms with Crippen LogP contribution in [0.1, 0.15) is 26.3 Å². The first-order valence-electron chi connectivity index (χ1n) is 7.20. The number of ether oxygens (including phenoxy) is 1. The molecule has 7 heteroatoms. The normalized spacial score (nSPS) is 19.1. The molecule has 1 aromatic carbocycles. The van der Waals surface area contributed by atoms with E-state index in [-0.39, 0.29) is 22.9 Å². The Morgan fingerprint density at radius 3 is 2.77 bits per heavy atom. The van der Waals surface area contributed by atoms with Crippen LogP contribution in [0.4, 0.5) is 5.69 Å². The average Bonchev–Trinajstić information content (AvgIpc) is 2.72. The van der Waals surface area contributed by atoms with E-state index in [0.29, 0.717) is 13.0 Å². The molecule has 1 aromatic rings. The van der Waals surface area contributed by atoms with Crippen molar-refractivity contribution in [3.63, 3.8) is 0 Å². The van der Waals surface area contributed by atoms with E-state index in [9.17, 15) is 13.2 Å². The Hall–Kier alpha value is -1.44. The summed E-state index contributed by atoms with van der Waals surface area (Å²) in [6.07, 6.45) is 0.659. The highest BCUT2D eigenvalue weighted by Crippen LogP contribution is 2.33. The van der Waals surface area contributed by atoms with Gasteiger partial charge in [0.1, 0.15) is 0 Å². The van der Waals surface area contributed by atoms with E-state index in [0.717, 1.165) is 11.3 Å². The van der Waals surface area contributed by atoms with Gasteiger partial charge in [-0.3, -0.25) is 4.79 Å². The number of fused-ring (bicyclic) bond motifs is 1.